The Kier molecular flexibility index (Phi) is 10.2. The Bertz CT molecular complexity index is 483. The van der Waals surface area contributed by atoms with E-state index in [1.165, 1.54) is 7.11 Å². The molecule has 0 aromatic heterocycles. The van der Waals surface area contributed by atoms with Crippen LogP contribution < -0.4 is 0 Å². The number of hydrogen-bond acceptors (Lipinski definition) is 4. The lowest BCUT2D eigenvalue weighted by molar-refractivity contribution is -0.378. The van der Waals surface area contributed by atoms with Gasteiger partial charge in [0.25, 0.3) is 0 Å². The molecule has 0 amide bonds. The van der Waals surface area contributed by atoms with Gasteiger partial charge in [-0.2, -0.15) is 0 Å². The van der Waals surface area contributed by atoms with E-state index in [0.717, 1.165) is 44.1 Å². The fraction of sp³-hybridized carbons (Fsp3) is 0.773. The quantitative estimate of drug-likeness (QED) is 0.264. The molecule has 4 heteroatoms. The lowest BCUT2D eigenvalue weighted by Crippen LogP contribution is -2.40. The summed E-state index contributed by atoms with van der Waals surface area (Å²) in [4.78, 5) is 23.1. The topological polar surface area (TPSA) is 44.8 Å². The SMILES string of the molecule is CC/C=C/[C@@H](CC)C[C@@H](C)C[C@]1(CC)C=C(CC)[C@H](CC(=O)OC)OO1. The van der Waals surface area contributed by atoms with Crippen LogP contribution in [-0.4, -0.2) is 24.8 Å². The normalized spacial score (nSPS) is 25.8. The van der Waals surface area contributed by atoms with E-state index in [1.807, 2.05) is 0 Å². The van der Waals surface area contributed by atoms with Gasteiger partial charge in [0.1, 0.15) is 11.7 Å². The maximum absolute atomic E-state index is 11.6. The van der Waals surface area contributed by atoms with Crippen molar-refractivity contribution in [1.82, 2.24) is 0 Å². The van der Waals surface area contributed by atoms with E-state index >= 15 is 0 Å². The monoisotopic (exact) mass is 366 g/mol. The molecule has 0 aromatic rings. The molecule has 4 atom stereocenters. The first kappa shape index (κ1) is 22.9. The average Bonchev–Trinajstić information content (AvgIpc) is 2.66. The van der Waals surface area contributed by atoms with E-state index in [2.05, 4.69) is 52.8 Å². The van der Waals surface area contributed by atoms with Crippen molar-refractivity contribution in [3.05, 3.63) is 23.8 Å². The highest BCUT2D eigenvalue weighted by Gasteiger charge is 2.38. The summed E-state index contributed by atoms with van der Waals surface area (Å²) in [5.74, 6) is 0.866. The fourth-order valence-corrected chi connectivity index (χ4v) is 3.70. The van der Waals surface area contributed by atoms with Crippen molar-refractivity contribution >= 4 is 5.97 Å². The van der Waals surface area contributed by atoms with Crippen LogP contribution in [-0.2, 0) is 19.3 Å². The molecule has 0 saturated carbocycles. The molecule has 0 N–H and O–H groups in total. The van der Waals surface area contributed by atoms with Gasteiger partial charge in [-0.1, -0.05) is 46.8 Å². The van der Waals surface area contributed by atoms with Gasteiger partial charge >= 0.3 is 5.97 Å². The summed E-state index contributed by atoms with van der Waals surface area (Å²) in [5.41, 5.74) is 0.734. The zero-order chi connectivity index (χ0) is 19.6. The molecule has 1 aliphatic rings. The van der Waals surface area contributed by atoms with Gasteiger partial charge in [-0.25, -0.2) is 9.78 Å². The number of carbonyl (C=O) groups is 1. The van der Waals surface area contributed by atoms with Crippen molar-refractivity contribution in [3.8, 4) is 0 Å². The van der Waals surface area contributed by atoms with E-state index in [4.69, 9.17) is 14.5 Å². The number of carbonyl (C=O) groups excluding carboxylic acids is 1. The summed E-state index contributed by atoms with van der Waals surface area (Å²) in [5, 5.41) is 0. The van der Waals surface area contributed by atoms with Gasteiger partial charge < -0.3 is 4.74 Å². The predicted octanol–water partition coefficient (Wildman–Crippen LogP) is 5.77. The number of ether oxygens (including phenoxy) is 1. The average molecular weight is 367 g/mol. The van der Waals surface area contributed by atoms with Gasteiger partial charge in [0, 0.05) is 0 Å². The summed E-state index contributed by atoms with van der Waals surface area (Å²) in [6.07, 6.45) is 12.7. The smallest absolute Gasteiger partial charge is 0.308 e. The number of esters is 1. The summed E-state index contributed by atoms with van der Waals surface area (Å²) in [6.45, 7) is 10.9. The predicted molar refractivity (Wildman–Crippen MR) is 106 cm³/mol. The molecule has 1 heterocycles. The second-order valence-electron chi connectivity index (χ2n) is 7.49. The number of methoxy groups -OCH3 is 1. The van der Waals surface area contributed by atoms with E-state index in [0.29, 0.717) is 11.8 Å². The molecule has 0 aromatic carbocycles. The second kappa shape index (κ2) is 11.6. The standard InChI is InChI=1S/C22H38O4/c1-7-11-12-18(8-2)13-17(5)15-22(10-4)16-19(9-3)20(25-26-22)14-21(23)24-6/h11-12,16-18,20H,7-10,13-15H2,1-6H3/b12-11+/t17-,18-,20+,22-/m1/s1. The van der Waals surface area contributed by atoms with E-state index < -0.39 is 5.60 Å². The van der Waals surface area contributed by atoms with Crippen LogP contribution in [0, 0.1) is 11.8 Å². The number of rotatable bonds is 11. The highest BCUT2D eigenvalue weighted by atomic mass is 17.2. The Morgan fingerprint density at radius 1 is 1.35 bits per heavy atom. The van der Waals surface area contributed by atoms with Crippen LogP contribution in [0.5, 0.6) is 0 Å². The van der Waals surface area contributed by atoms with Crippen molar-refractivity contribution in [2.45, 2.75) is 91.3 Å². The van der Waals surface area contributed by atoms with Crippen LogP contribution in [0.15, 0.2) is 23.8 Å². The maximum atomic E-state index is 11.6. The second-order valence-corrected chi connectivity index (χ2v) is 7.49. The molecule has 0 fully saturated rings. The van der Waals surface area contributed by atoms with Crippen LogP contribution in [0.25, 0.3) is 0 Å². The lowest BCUT2D eigenvalue weighted by Gasteiger charge is -2.38. The van der Waals surface area contributed by atoms with Crippen molar-refractivity contribution in [2.75, 3.05) is 7.11 Å². The Morgan fingerprint density at radius 3 is 2.62 bits per heavy atom. The van der Waals surface area contributed by atoms with E-state index in [9.17, 15) is 4.79 Å². The third-order valence-electron chi connectivity index (χ3n) is 5.35. The Morgan fingerprint density at radius 2 is 2.08 bits per heavy atom. The molecular formula is C22H38O4. The van der Waals surface area contributed by atoms with E-state index in [-0.39, 0.29) is 18.5 Å². The first-order valence-corrected chi connectivity index (χ1v) is 10.2. The van der Waals surface area contributed by atoms with E-state index in [1.54, 1.807) is 0 Å². The first-order valence-electron chi connectivity index (χ1n) is 10.2. The molecule has 4 nitrogen and oxygen atoms in total. The molecule has 0 spiro atoms. The van der Waals surface area contributed by atoms with Crippen molar-refractivity contribution in [2.24, 2.45) is 11.8 Å². The molecule has 0 radical (unpaired) electrons. The minimum absolute atomic E-state index is 0.200. The zero-order valence-corrected chi connectivity index (χ0v) is 17.5. The molecule has 150 valence electrons. The highest BCUT2D eigenvalue weighted by Crippen LogP contribution is 2.37. The largest absolute Gasteiger partial charge is 0.469 e. The highest BCUT2D eigenvalue weighted by molar-refractivity contribution is 5.70. The number of hydrogen-bond donors (Lipinski definition) is 0. The third-order valence-corrected chi connectivity index (χ3v) is 5.35. The van der Waals surface area contributed by atoms with Gasteiger partial charge in [-0.3, -0.25) is 4.79 Å². The summed E-state index contributed by atoms with van der Waals surface area (Å²) < 4.78 is 4.77. The molecule has 1 aliphatic heterocycles. The van der Waals surface area contributed by atoms with Crippen molar-refractivity contribution in [1.29, 1.82) is 0 Å². The minimum atomic E-state index is -0.399. The van der Waals surface area contributed by atoms with Gasteiger partial charge in [0.2, 0.25) is 0 Å². The van der Waals surface area contributed by atoms with Crippen LogP contribution in [0.4, 0.5) is 0 Å². The minimum Gasteiger partial charge on any atom is -0.469 e. The van der Waals surface area contributed by atoms with Crippen LogP contribution >= 0.6 is 0 Å². The molecule has 0 saturated heterocycles. The molecule has 1 rings (SSSR count). The van der Waals surface area contributed by atoms with Gasteiger partial charge in [0.15, 0.2) is 0 Å². The fourth-order valence-electron chi connectivity index (χ4n) is 3.70. The van der Waals surface area contributed by atoms with Crippen LogP contribution in [0.3, 0.4) is 0 Å². The van der Waals surface area contributed by atoms with Crippen molar-refractivity contribution in [3.63, 3.8) is 0 Å². The Hall–Kier alpha value is -1.13. The summed E-state index contributed by atoms with van der Waals surface area (Å²) in [7, 11) is 1.40. The lowest BCUT2D eigenvalue weighted by atomic mass is 9.81. The van der Waals surface area contributed by atoms with Gasteiger partial charge in [-0.15, -0.1) is 0 Å². The molecular weight excluding hydrogens is 328 g/mol. The first-order chi connectivity index (χ1) is 12.4. The van der Waals surface area contributed by atoms with Crippen LogP contribution in [0.2, 0.25) is 0 Å². The zero-order valence-electron chi connectivity index (χ0n) is 17.5. The Labute approximate surface area is 159 Å². The molecule has 0 aliphatic carbocycles. The molecule has 26 heavy (non-hydrogen) atoms. The van der Waals surface area contributed by atoms with Gasteiger partial charge in [0.05, 0.1) is 13.5 Å². The molecule has 0 unspecified atom stereocenters. The third kappa shape index (κ3) is 6.88. The summed E-state index contributed by atoms with van der Waals surface area (Å²) >= 11 is 0. The maximum Gasteiger partial charge on any atom is 0.308 e. The summed E-state index contributed by atoms with van der Waals surface area (Å²) in [6, 6.07) is 0. The number of allylic oxidation sites excluding steroid dienone is 2. The van der Waals surface area contributed by atoms with Crippen molar-refractivity contribution < 1.29 is 19.3 Å². The Balaban J connectivity index is 2.82. The molecule has 0 bridgehead atoms. The van der Waals surface area contributed by atoms with Crippen LogP contribution in [0.1, 0.15) is 79.6 Å². The van der Waals surface area contributed by atoms with Gasteiger partial charge in [-0.05, 0) is 62.0 Å².